The first-order chi connectivity index (χ1) is 15.5. The molecule has 2 aromatic carbocycles. The van der Waals surface area contributed by atoms with Crippen LogP contribution in [-0.2, 0) is 25.6 Å². The number of anilines is 1. The van der Waals surface area contributed by atoms with Crippen LogP contribution in [-0.4, -0.2) is 41.8 Å². The fourth-order valence-corrected chi connectivity index (χ4v) is 3.23. The highest BCUT2D eigenvalue weighted by atomic mass is 16.7. The molecule has 8 heteroatoms. The lowest BCUT2D eigenvalue weighted by Gasteiger charge is -2.18. The maximum Gasteiger partial charge on any atom is 0.356 e. The zero-order valence-electron chi connectivity index (χ0n) is 18.0. The number of nitrogens with one attached hydrogen (secondary N) is 1. The average Bonchev–Trinajstić information content (AvgIpc) is 3.17. The summed E-state index contributed by atoms with van der Waals surface area (Å²) in [6.45, 7) is 4.29. The summed E-state index contributed by atoms with van der Waals surface area (Å²) in [5, 5.41) is 4.40. The number of benzene rings is 2. The number of guanidine groups is 1. The number of carbonyl (C=O) groups is 2. The van der Waals surface area contributed by atoms with Gasteiger partial charge >= 0.3 is 11.9 Å². The van der Waals surface area contributed by atoms with Gasteiger partial charge in [-0.1, -0.05) is 31.2 Å². The molecule has 4 rings (SSSR count). The summed E-state index contributed by atoms with van der Waals surface area (Å²) in [7, 11) is 0. The molecule has 2 bridgehead atoms. The number of carbonyl (C=O) groups excluding carboxylic acids is 2. The maximum atomic E-state index is 11.8. The number of hydrogen-bond donors (Lipinski definition) is 1. The topological polar surface area (TPSA) is 89.5 Å². The zero-order chi connectivity index (χ0) is 22.5. The van der Waals surface area contributed by atoms with E-state index in [-0.39, 0.29) is 12.6 Å². The van der Waals surface area contributed by atoms with Crippen LogP contribution < -0.4 is 10.1 Å². The van der Waals surface area contributed by atoms with Crippen molar-refractivity contribution in [1.29, 1.82) is 0 Å². The zero-order valence-corrected chi connectivity index (χ0v) is 18.0. The van der Waals surface area contributed by atoms with Crippen LogP contribution in [0.5, 0.6) is 5.75 Å². The van der Waals surface area contributed by atoms with E-state index in [0.717, 1.165) is 42.0 Å². The number of esters is 1. The van der Waals surface area contributed by atoms with Crippen molar-refractivity contribution in [3.05, 3.63) is 71.8 Å². The van der Waals surface area contributed by atoms with Gasteiger partial charge in [0.05, 0.1) is 6.10 Å². The predicted octanol–water partition coefficient (Wildman–Crippen LogP) is 3.44. The average molecular weight is 435 g/mol. The highest BCUT2D eigenvalue weighted by Crippen LogP contribution is 2.20. The maximum absolute atomic E-state index is 11.8. The summed E-state index contributed by atoms with van der Waals surface area (Å²) >= 11 is 0. The summed E-state index contributed by atoms with van der Waals surface area (Å²) in [6.07, 6.45) is 3.27. The van der Waals surface area contributed by atoms with Crippen LogP contribution >= 0.6 is 0 Å². The quantitative estimate of drug-likeness (QED) is 0.695. The minimum absolute atomic E-state index is 0.135. The lowest BCUT2D eigenvalue weighted by molar-refractivity contribution is -0.167. The van der Waals surface area contributed by atoms with Crippen molar-refractivity contribution < 1.29 is 23.9 Å². The molecule has 2 heterocycles. The molecule has 0 saturated carbocycles. The van der Waals surface area contributed by atoms with Gasteiger partial charge in [-0.05, 0) is 55.2 Å². The Morgan fingerprint density at radius 2 is 1.72 bits per heavy atom. The molecule has 0 saturated heterocycles. The smallest absolute Gasteiger partial charge is 0.356 e. The van der Waals surface area contributed by atoms with Crippen molar-refractivity contribution in [3.8, 4) is 5.75 Å². The number of rotatable bonds is 6. The van der Waals surface area contributed by atoms with Gasteiger partial charge in [0.1, 0.15) is 12.3 Å². The van der Waals surface area contributed by atoms with Crippen LogP contribution in [0.3, 0.4) is 0 Å². The van der Waals surface area contributed by atoms with Crippen LogP contribution in [0.15, 0.2) is 65.7 Å². The van der Waals surface area contributed by atoms with E-state index in [2.05, 4.69) is 36.3 Å². The van der Waals surface area contributed by atoms with Crippen LogP contribution in [0.4, 0.5) is 5.69 Å². The Bertz CT molecular complexity index is 1030. The second-order valence-corrected chi connectivity index (χ2v) is 7.63. The summed E-state index contributed by atoms with van der Waals surface area (Å²) in [5.74, 6) is -0.127. The number of fused-ring (bicyclic) bond motifs is 2. The number of hydrogen-bond acceptors (Lipinski definition) is 8. The number of aliphatic imine (C=N–C) groups is 1. The van der Waals surface area contributed by atoms with Gasteiger partial charge in [0.2, 0.25) is 12.2 Å². The number of hydroxylamine groups is 2. The lowest BCUT2D eigenvalue weighted by Crippen LogP contribution is -2.35. The molecule has 1 N–H and O–H groups in total. The molecule has 0 aliphatic carbocycles. The SMILES string of the molecule is CC[C@@H](C)Oc1ccc(Cc2ccc(NC3=NC4CN3OC(=O)/C=C\C(=O)O4)cc2)cc1. The Labute approximate surface area is 186 Å². The fraction of sp³-hybridized carbons (Fsp3) is 0.292. The van der Waals surface area contributed by atoms with Crippen molar-refractivity contribution in [1.82, 2.24) is 5.06 Å². The molecule has 32 heavy (non-hydrogen) atoms. The predicted molar refractivity (Wildman–Crippen MR) is 119 cm³/mol. The monoisotopic (exact) mass is 435 g/mol. The molecule has 2 aliphatic rings. The van der Waals surface area contributed by atoms with Gasteiger partial charge in [0, 0.05) is 17.8 Å². The van der Waals surface area contributed by atoms with E-state index >= 15 is 0 Å². The first kappa shape index (κ1) is 21.4. The largest absolute Gasteiger partial charge is 0.491 e. The lowest BCUT2D eigenvalue weighted by atomic mass is 10.0. The Balaban J connectivity index is 1.38. The molecule has 2 atom stereocenters. The van der Waals surface area contributed by atoms with E-state index in [1.165, 1.54) is 10.6 Å². The second-order valence-electron chi connectivity index (χ2n) is 7.63. The van der Waals surface area contributed by atoms with Crippen molar-refractivity contribution in [2.45, 2.75) is 39.0 Å². The van der Waals surface area contributed by atoms with E-state index in [9.17, 15) is 9.59 Å². The highest BCUT2D eigenvalue weighted by Gasteiger charge is 2.31. The molecule has 0 radical (unpaired) electrons. The number of nitrogens with zero attached hydrogens (tertiary/aromatic N) is 2. The van der Waals surface area contributed by atoms with Gasteiger partial charge in [0.25, 0.3) is 0 Å². The van der Waals surface area contributed by atoms with E-state index in [4.69, 9.17) is 14.3 Å². The van der Waals surface area contributed by atoms with E-state index in [1.54, 1.807) is 0 Å². The minimum atomic E-state index is -0.743. The van der Waals surface area contributed by atoms with E-state index in [1.807, 2.05) is 36.4 Å². The van der Waals surface area contributed by atoms with Crippen LogP contribution in [0.2, 0.25) is 0 Å². The molecule has 2 aromatic rings. The Morgan fingerprint density at radius 3 is 2.41 bits per heavy atom. The van der Waals surface area contributed by atoms with Gasteiger partial charge in [-0.25, -0.2) is 14.6 Å². The van der Waals surface area contributed by atoms with Crippen LogP contribution in [0, 0.1) is 0 Å². The van der Waals surface area contributed by atoms with Gasteiger partial charge in [-0.2, -0.15) is 5.06 Å². The van der Waals surface area contributed by atoms with Gasteiger partial charge in [-0.15, -0.1) is 0 Å². The second kappa shape index (κ2) is 9.55. The third-order valence-electron chi connectivity index (χ3n) is 5.09. The molecule has 2 aliphatic heterocycles. The minimum Gasteiger partial charge on any atom is -0.491 e. The molecule has 0 fully saturated rings. The molecule has 0 spiro atoms. The van der Waals surface area contributed by atoms with Crippen LogP contribution in [0.1, 0.15) is 31.4 Å². The molecule has 1 unspecified atom stereocenters. The third kappa shape index (κ3) is 5.46. The van der Waals surface area contributed by atoms with E-state index in [0.29, 0.717) is 5.96 Å². The Hall–Kier alpha value is -3.81. The Morgan fingerprint density at radius 1 is 1.06 bits per heavy atom. The van der Waals surface area contributed by atoms with Crippen molar-refractivity contribution in [2.24, 2.45) is 4.99 Å². The van der Waals surface area contributed by atoms with Crippen molar-refractivity contribution in [3.63, 3.8) is 0 Å². The standard InChI is InChI=1S/C24H25N3O5/c1-3-16(2)30-20-10-6-18(7-11-20)14-17-4-8-19(9-5-17)25-24-26-21-15-27(24)32-23(29)13-12-22(28)31-21/h4-13,16,21H,3,14-15H2,1-2H3,(H,25,26)/b13-12-/t16-,21?/m1/s1. The highest BCUT2D eigenvalue weighted by molar-refractivity contribution is 5.97. The van der Waals surface area contributed by atoms with Gasteiger partial charge in [-0.3, -0.25) is 0 Å². The first-order valence-corrected chi connectivity index (χ1v) is 10.6. The molecule has 0 amide bonds. The summed E-state index contributed by atoms with van der Waals surface area (Å²) < 4.78 is 11.0. The van der Waals surface area contributed by atoms with Crippen molar-refractivity contribution in [2.75, 3.05) is 11.9 Å². The molecular weight excluding hydrogens is 410 g/mol. The van der Waals surface area contributed by atoms with Gasteiger partial charge < -0.3 is 19.6 Å². The Kier molecular flexibility index (Phi) is 6.39. The first-order valence-electron chi connectivity index (χ1n) is 10.6. The van der Waals surface area contributed by atoms with Crippen LogP contribution in [0.25, 0.3) is 0 Å². The van der Waals surface area contributed by atoms with Crippen molar-refractivity contribution >= 4 is 23.6 Å². The normalized spacial score (nSPS) is 19.6. The van der Waals surface area contributed by atoms with E-state index < -0.39 is 18.2 Å². The summed E-state index contributed by atoms with van der Waals surface area (Å²) in [4.78, 5) is 32.9. The molecule has 0 aromatic heterocycles. The van der Waals surface area contributed by atoms with Gasteiger partial charge in [0.15, 0.2) is 0 Å². The molecule has 166 valence electrons. The third-order valence-corrected chi connectivity index (χ3v) is 5.09. The molecular formula is C24H25N3O5. The fourth-order valence-electron chi connectivity index (χ4n) is 3.23. The summed E-state index contributed by atoms with van der Waals surface area (Å²) in [6, 6.07) is 16.0. The molecule has 8 nitrogen and oxygen atoms in total. The summed E-state index contributed by atoms with van der Waals surface area (Å²) in [5.41, 5.74) is 3.10. The number of ether oxygens (including phenoxy) is 2.